The lowest BCUT2D eigenvalue weighted by Crippen LogP contribution is -2.06. The van der Waals surface area contributed by atoms with Crippen molar-refractivity contribution in [2.24, 2.45) is 5.73 Å². The van der Waals surface area contributed by atoms with Crippen molar-refractivity contribution in [2.75, 3.05) is 0 Å². The third-order valence-corrected chi connectivity index (χ3v) is 4.50. The van der Waals surface area contributed by atoms with Crippen molar-refractivity contribution in [3.8, 4) is 0 Å². The molecule has 2 aromatic rings. The third kappa shape index (κ3) is 2.82. The summed E-state index contributed by atoms with van der Waals surface area (Å²) in [5, 5.41) is 0. The average Bonchev–Trinajstić information content (AvgIpc) is 2.87. The molecule has 0 spiro atoms. The van der Waals surface area contributed by atoms with Gasteiger partial charge in [0.1, 0.15) is 0 Å². The number of fused-ring (bicyclic) bond motifs is 1. The zero-order valence-corrected chi connectivity index (χ0v) is 11.9. The second-order valence-corrected chi connectivity index (χ2v) is 6.24. The Kier molecular flexibility index (Phi) is 3.58. The largest absolute Gasteiger partial charge is 0.323 e. The summed E-state index contributed by atoms with van der Waals surface area (Å²) >= 11 is 1.77. The molecule has 1 aromatic heterocycles. The minimum atomic E-state index is -0.000885. The number of aromatic nitrogens is 1. The molecule has 0 aliphatic heterocycles. The van der Waals surface area contributed by atoms with E-state index in [1.54, 1.807) is 11.8 Å². The highest BCUT2D eigenvalue weighted by atomic mass is 32.2. The Hall–Kier alpha value is -1.32. The lowest BCUT2D eigenvalue weighted by atomic mass is 10.1. The summed E-state index contributed by atoms with van der Waals surface area (Å²) in [6, 6.07) is 10.9. The van der Waals surface area contributed by atoms with Gasteiger partial charge in [-0.05, 0) is 61.6 Å². The fraction of sp³-hybridized carbons (Fsp3) is 0.312. The number of aryl methyl sites for hydroxylation is 2. The molecule has 2 N–H and O–H groups in total. The molecule has 0 saturated heterocycles. The van der Waals surface area contributed by atoms with Crippen LogP contribution in [0.25, 0.3) is 0 Å². The van der Waals surface area contributed by atoms with Gasteiger partial charge in [-0.3, -0.25) is 4.98 Å². The predicted octanol–water partition coefficient (Wildman–Crippen LogP) is 3.74. The van der Waals surface area contributed by atoms with Crippen LogP contribution in [0.3, 0.4) is 0 Å². The van der Waals surface area contributed by atoms with E-state index in [1.807, 2.05) is 19.2 Å². The van der Waals surface area contributed by atoms with E-state index in [-0.39, 0.29) is 6.04 Å². The van der Waals surface area contributed by atoms with Crippen molar-refractivity contribution < 1.29 is 0 Å². The van der Waals surface area contributed by atoms with Gasteiger partial charge >= 0.3 is 0 Å². The van der Waals surface area contributed by atoms with Crippen molar-refractivity contribution in [1.29, 1.82) is 0 Å². The monoisotopic (exact) mass is 270 g/mol. The van der Waals surface area contributed by atoms with Crippen LogP contribution in [-0.4, -0.2) is 4.98 Å². The number of nitrogens with zero attached hydrogens (tertiary/aromatic N) is 1. The first kappa shape index (κ1) is 12.7. The van der Waals surface area contributed by atoms with E-state index in [4.69, 9.17) is 5.73 Å². The molecule has 0 bridgehead atoms. The molecule has 1 aliphatic rings. The molecule has 0 fully saturated rings. The Bertz CT molecular complexity index is 576. The SMILES string of the molecule is C[C@@H](N)c1ccc(Sc2ccc3c(c2)CCC3)cn1. The quantitative estimate of drug-likeness (QED) is 0.923. The van der Waals surface area contributed by atoms with Gasteiger partial charge in [-0.25, -0.2) is 0 Å². The van der Waals surface area contributed by atoms with E-state index in [0.29, 0.717) is 0 Å². The van der Waals surface area contributed by atoms with Gasteiger partial charge in [-0.15, -0.1) is 0 Å². The first-order chi connectivity index (χ1) is 9.22. The maximum absolute atomic E-state index is 5.81. The second kappa shape index (κ2) is 5.35. The molecule has 19 heavy (non-hydrogen) atoms. The Morgan fingerprint density at radius 2 is 1.89 bits per heavy atom. The zero-order valence-electron chi connectivity index (χ0n) is 11.1. The summed E-state index contributed by atoms with van der Waals surface area (Å²) in [4.78, 5) is 6.87. The summed E-state index contributed by atoms with van der Waals surface area (Å²) < 4.78 is 0. The van der Waals surface area contributed by atoms with Crippen LogP contribution in [0.4, 0.5) is 0 Å². The highest BCUT2D eigenvalue weighted by Gasteiger charge is 2.11. The number of hydrogen-bond donors (Lipinski definition) is 1. The Morgan fingerprint density at radius 3 is 2.63 bits per heavy atom. The van der Waals surface area contributed by atoms with Gasteiger partial charge in [0, 0.05) is 22.0 Å². The minimum absolute atomic E-state index is 0.000885. The Labute approximate surface area is 118 Å². The van der Waals surface area contributed by atoms with Crippen LogP contribution in [-0.2, 0) is 12.8 Å². The maximum Gasteiger partial charge on any atom is 0.0569 e. The van der Waals surface area contributed by atoms with Crippen molar-refractivity contribution in [2.45, 2.75) is 42.0 Å². The van der Waals surface area contributed by atoms with Gasteiger partial charge in [0.15, 0.2) is 0 Å². The highest BCUT2D eigenvalue weighted by molar-refractivity contribution is 7.99. The third-order valence-electron chi connectivity index (χ3n) is 3.53. The number of rotatable bonds is 3. The van der Waals surface area contributed by atoms with E-state index in [9.17, 15) is 0 Å². The van der Waals surface area contributed by atoms with Crippen molar-refractivity contribution >= 4 is 11.8 Å². The summed E-state index contributed by atoms with van der Waals surface area (Å²) in [5.74, 6) is 0. The van der Waals surface area contributed by atoms with Crippen LogP contribution in [0, 0.1) is 0 Å². The molecule has 1 aliphatic carbocycles. The van der Waals surface area contributed by atoms with Gasteiger partial charge in [-0.2, -0.15) is 0 Å². The van der Waals surface area contributed by atoms with Gasteiger partial charge in [0.25, 0.3) is 0 Å². The van der Waals surface area contributed by atoms with Crippen molar-refractivity contribution in [3.05, 3.63) is 53.3 Å². The molecular formula is C16H18N2S. The first-order valence-corrected chi connectivity index (χ1v) is 7.55. The Morgan fingerprint density at radius 1 is 1.11 bits per heavy atom. The van der Waals surface area contributed by atoms with Crippen LogP contribution >= 0.6 is 11.8 Å². The predicted molar refractivity (Wildman–Crippen MR) is 79.4 cm³/mol. The highest BCUT2D eigenvalue weighted by Crippen LogP contribution is 2.31. The number of hydrogen-bond acceptors (Lipinski definition) is 3. The molecule has 0 saturated carbocycles. The zero-order chi connectivity index (χ0) is 13.2. The number of nitrogens with two attached hydrogens (primary N) is 1. The van der Waals surface area contributed by atoms with Crippen LogP contribution in [0.1, 0.15) is 36.2 Å². The van der Waals surface area contributed by atoms with Crippen molar-refractivity contribution in [1.82, 2.24) is 4.98 Å². The van der Waals surface area contributed by atoms with Gasteiger partial charge < -0.3 is 5.73 Å². The normalized spacial score (nSPS) is 15.3. The molecule has 3 heteroatoms. The summed E-state index contributed by atoms with van der Waals surface area (Å²) in [5.41, 5.74) is 9.79. The number of benzene rings is 1. The van der Waals surface area contributed by atoms with E-state index in [2.05, 4.69) is 29.2 Å². The van der Waals surface area contributed by atoms with Crippen LogP contribution < -0.4 is 5.73 Å². The molecule has 0 radical (unpaired) electrons. The van der Waals surface area contributed by atoms with E-state index < -0.39 is 0 Å². The summed E-state index contributed by atoms with van der Waals surface area (Å²) in [6.07, 6.45) is 5.68. The molecule has 0 amide bonds. The van der Waals surface area contributed by atoms with Crippen molar-refractivity contribution in [3.63, 3.8) is 0 Å². The smallest absolute Gasteiger partial charge is 0.0569 e. The standard InChI is InChI=1S/C16H18N2S/c1-11(17)16-8-7-15(10-18-16)19-14-6-5-12-3-2-4-13(12)9-14/h5-11H,2-4,17H2,1H3/t11-/m1/s1. The molecule has 2 nitrogen and oxygen atoms in total. The lowest BCUT2D eigenvalue weighted by Gasteiger charge is -2.07. The van der Waals surface area contributed by atoms with E-state index in [0.717, 1.165) is 5.69 Å². The molecular weight excluding hydrogens is 252 g/mol. The fourth-order valence-corrected chi connectivity index (χ4v) is 3.32. The van der Waals surface area contributed by atoms with Crippen LogP contribution in [0.15, 0.2) is 46.3 Å². The Balaban J connectivity index is 1.77. The number of pyridine rings is 1. The van der Waals surface area contributed by atoms with E-state index in [1.165, 1.54) is 40.2 Å². The van der Waals surface area contributed by atoms with Gasteiger partial charge in [0.05, 0.1) is 5.69 Å². The van der Waals surface area contributed by atoms with Crippen LogP contribution in [0.2, 0.25) is 0 Å². The molecule has 1 aromatic carbocycles. The molecule has 0 unspecified atom stereocenters. The molecule has 1 heterocycles. The minimum Gasteiger partial charge on any atom is -0.323 e. The molecule has 1 atom stereocenters. The van der Waals surface area contributed by atoms with Gasteiger partial charge in [0.2, 0.25) is 0 Å². The van der Waals surface area contributed by atoms with E-state index >= 15 is 0 Å². The molecule has 3 rings (SSSR count). The second-order valence-electron chi connectivity index (χ2n) is 5.09. The van der Waals surface area contributed by atoms with Gasteiger partial charge in [-0.1, -0.05) is 17.8 Å². The average molecular weight is 270 g/mol. The molecule has 98 valence electrons. The lowest BCUT2D eigenvalue weighted by molar-refractivity contribution is 0.777. The first-order valence-electron chi connectivity index (χ1n) is 6.73. The summed E-state index contributed by atoms with van der Waals surface area (Å²) in [7, 11) is 0. The fourth-order valence-electron chi connectivity index (χ4n) is 2.47. The van der Waals surface area contributed by atoms with Crippen LogP contribution in [0.5, 0.6) is 0 Å². The summed E-state index contributed by atoms with van der Waals surface area (Å²) in [6.45, 7) is 1.95. The maximum atomic E-state index is 5.81. The topological polar surface area (TPSA) is 38.9 Å².